The van der Waals surface area contributed by atoms with Gasteiger partial charge in [-0.1, -0.05) is 5.16 Å². The quantitative estimate of drug-likeness (QED) is 0.126. The van der Waals surface area contributed by atoms with Crippen LogP contribution in [0.4, 0.5) is 18.3 Å². The number of amides is 3. The summed E-state index contributed by atoms with van der Waals surface area (Å²) in [5, 5.41) is 16.5. The molecule has 0 spiro atoms. The number of aliphatic carboxylic acids is 1. The molecule has 0 aromatic carbocycles. The minimum atomic E-state index is -4.74. The van der Waals surface area contributed by atoms with Gasteiger partial charge in [0.25, 0.3) is 11.8 Å². The van der Waals surface area contributed by atoms with Crippen molar-refractivity contribution >= 4 is 57.8 Å². The molecule has 3 amide bonds. The number of fused-ring (bicyclic) bond motifs is 1. The number of hydrogen-bond acceptors (Lipinski definition) is 12. The van der Waals surface area contributed by atoms with Gasteiger partial charge in [0.1, 0.15) is 11.4 Å². The van der Waals surface area contributed by atoms with Crippen LogP contribution in [0, 0.1) is 0 Å². The van der Waals surface area contributed by atoms with Gasteiger partial charge in [-0.2, -0.15) is 22.5 Å². The highest BCUT2D eigenvalue weighted by Gasteiger charge is 2.53. The molecule has 0 radical (unpaired) electrons. The van der Waals surface area contributed by atoms with Crippen LogP contribution in [-0.2, 0) is 25.8 Å². The second kappa shape index (κ2) is 10.8. The minimum Gasteiger partial charge on any atom is -0.543 e. The molecule has 1 saturated heterocycles. The Balaban J connectivity index is 1.51. The first-order valence-corrected chi connectivity index (χ1v) is 12.5. The predicted octanol–water partition coefficient (Wildman–Crippen LogP) is -2.11. The van der Waals surface area contributed by atoms with E-state index in [0.717, 1.165) is 16.7 Å². The summed E-state index contributed by atoms with van der Waals surface area (Å²) >= 11 is 1.79. The van der Waals surface area contributed by atoms with E-state index in [1.54, 1.807) is 4.57 Å². The number of carboxylic acid groups (broad SMARTS) is 1. The van der Waals surface area contributed by atoms with E-state index >= 15 is 0 Å². The predicted molar refractivity (Wildman–Crippen MR) is 125 cm³/mol. The SMILES string of the molecule is NC(=O)c1cc[n+](CC2=C(C(=O)[O-])N3C(=O)C(NC(=O)C(=NOCC(F)(F)F)c4nsc(N)n4)[C@H]3SC2)cc1. The number of nitrogen functional groups attached to an aromatic ring is 1. The summed E-state index contributed by atoms with van der Waals surface area (Å²) in [5.74, 6) is -4.48. The lowest BCUT2D eigenvalue weighted by atomic mass is 10.0. The fourth-order valence-electron chi connectivity index (χ4n) is 3.64. The number of pyridine rings is 1. The maximum atomic E-state index is 12.9. The summed E-state index contributed by atoms with van der Waals surface area (Å²) < 4.78 is 42.7. The van der Waals surface area contributed by atoms with Crippen LogP contribution in [0.15, 0.2) is 41.0 Å². The number of nitrogens with two attached hydrogens (primary N) is 2. The van der Waals surface area contributed by atoms with E-state index in [0.29, 0.717) is 17.1 Å². The number of anilines is 1. The van der Waals surface area contributed by atoms with Crippen molar-refractivity contribution in [1.82, 2.24) is 19.6 Å². The molecule has 4 rings (SSSR count). The number of oxime groups is 1. The molecule has 4 heterocycles. The second-order valence-corrected chi connectivity index (χ2v) is 9.90. The smallest absolute Gasteiger partial charge is 0.425 e. The number of rotatable bonds is 9. The van der Waals surface area contributed by atoms with Crippen LogP contribution in [-0.4, -0.2) is 73.6 Å². The van der Waals surface area contributed by atoms with E-state index in [4.69, 9.17) is 11.5 Å². The number of primary amides is 1. The number of nitrogens with zero attached hydrogens (tertiary/aromatic N) is 5. The number of thioether (sulfide) groups is 1. The van der Waals surface area contributed by atoms with Crippen LogP contribution in [0.1, 0.15) is 16.2 Å². The molecule has 2 aliphatic rings. The fraction of sp³-hybridized carbons (Fsp3) is 0.300. The molecule has 0 bridgehead atoms. The first kappa shape index (κ1) is 27.8. The Morgan fingerprint density at radius 1 is 1.31 bits per heavy atom. The highest BCUT2D eigenvalue weighted by Crippen LogP contribution is 2.40. The third kappa shape index (κ3) is 6.08. The monoisotopic (exact) mass is 586 g/mol. The zero-order valence-corrected chi connectivity index (χ0v) is 21.0. The van der Waals surface area contributed by atoms with Crippen molar-refractivity contribution in [3.8, 4) is 0 Å². The van der Waals surface area contributed by atoms with Gasteiger partial charge in [-0.3, -0.25) is 19.3 Å². The lowest BCUT2D eigenvalue weighted by Gasteiger charge is -2.50. The zero-order chi connectivity index (χ0) is 28.5. The highest BCUT2D eigenvalue weighted by atomic mass is 32.2. The molecular formula is C20H17F3N8O6S2. The van der Waals surface area contributed by atoms with E-state index in [1.165, 1.54) is 24.5 Å². The normalized spacial score (nSPS) is 19.3. The summed E-state index contributed by atoms with van der Waals surface area (Å²) in [4.78, 5) is 57.9. The van der Waals surface area contributed by atoms with Crippen molar-refractivity contribution in [3.63, 3.8) is 0 Å². The lowest BCUT2D eigenvalue weighted by molar-refractivity contribution is -0.689. The maximum absolute atomic E-state index is 12.9. The standard InChI is InChI=1S/C20H17F3N8O6S2/c21-20(22,23)7-37-28-10(14-27-19(25)39-29-14)15(33)26-11-16(34)31-12(18(35)36)9(6-38-17(11)31)5-30-3-1-8(2-4-30)13(24)32/h1-4,11,17H,5-7H2,(H5-,24,25,26,27,29,32,33,35,36)/t11?,17-/m1/s1. The number of β-lactam (4-membered cyclic amide) rings is 1. The number of hydrogen-bond donors (Lipinski definition) is 3. The molecule has 5 N–H and O–H groups in total. The van der Waals surface area contributed by atoms with Crippen molar-refractivity contribution in [2.45, 2.75) is 24.1 Å². The second-order valence-electron chi connectivity index (χ2n) is 8.01. The molecular weight excluding hydrogens is 569 g/mol. The largest absolute Gasteiger partial charge is 0.543 e. The molecule has 39 heavy (non-hydrogen) atoms. The molecule has 2 aliphatic heterocycles. The lowest BCUT2D eigenvalue weighted by Crippen LogP contribution is -2.71. The number of carbonyl (C=O) groups is 4. The third-order valence-electron chi connectivity index (χ3n) is 5.33. The van der Waals surface area contributed by atoms with Crippen LogP contribution in [0.2, 0.25) is 0 Å². The van der Waals surface area contributed by atoms with Crippen LogP contribution < -0.4 is 26.5 Å². The molecule has 206 valence electrons. The highest BCUT2D eigenvalue weighted by molar-refractivity contribution is 8.00. The van der Waals surface area contributed by atoms with E-state index in [1.807, 2.05) is 0 Å². The number of carbonyl (C=O) groups excluding carboxylic acids is 4. The number of carboxylic acids is 1. The average Bonchev–Trinajstić information content (AvgIpc) is 3.29. The van der Waals surface area contributed by atoms with Gasteiger partial charge >= 0.3 is 6.18 Å². The zero-order valence-electron chi connectivity index (χ0n) is 19.4. The Morgan fingerprint density at radius 3 is 2.56 bits per heavy atom. The first-order valence-electron chi connectivity index (χ1n) is 10.7. The van der Waals surface area contributed by atoms with Gasteiger partial charge in [-0.15, -0.1) is 11.8 Å². The molecule has 1 fully saturated rings. The van der Waals surface area contributed by atoms with Gasteiger partial charge in [0.2, 0.25) is 24.1 Å². The van der Waals surface area contributed by atoms with Gasteiger partial charge in [0.05, 0.1) is 17.2 Å². The van der Waals surface area contributed by atoms with Crippen molar-refractivity contribution < 1.29 is 46.9 Å². The fourth-order valence-corrected chi connectivity index (χ4v) is 5.41. The molecule has 14 nitrogen and oxygen atoms in total. The van der Waals surface area contributed by atoms with E-state index in [2.05, 4.69) is 24.7 Å². The summed E-state index contributed by atoms with van der Waals surface area (Å²) in [6.45, 7) is -1.75. The van der Waals surface area contributed by atoms with Crippen LogP contribution in [0.5, 0.6) is 0 Å². The third-order valence-corrected chi connectivity index (χ3v) is 7.21. The summed E-state index contributed by atoms with van der Waals surface area (Å²) in [6.07, 6.45) is -1.71. The van der Waals surface area contributed by atoms with Crippen LogP contribution >= 0.6 is 23.3 Å². The minimum absolute atomic E-state index is 0.0488. The van der Waals surface area contributed by atoms with E-state index in [9.17, 15) is 37.5 Å². The first-order chi connectivity index (χ1) is 18.4. The summed E-state index contributed by atoms with van der Waals surface area (Å²) in [6, 6.07) is 1.65. The Bertz CT molecular complexity index is 1390. The van der Waals surface area contributed by atoms with Gasteiger partial charge in [0, 0.05) is 35.0 Å². The average molecular weight is 587 g/mol. The van der Waals surface area contributed by atoms with Crippen molar-refractivity contribution in [1.29, 1.82) is 0 Å². The Hall–Kier alpha value is -4.26. The Kier molecular flexibility index (Phi) is 7.72. The topological polar surface area (TPSA) is 210 Å². The molecule has 2 aromatic rings. The van der Waals surface area contributed by atoms with Gasteiger partial charge in [0.15, 0.2) is 24.1 Å². The summed E-state index contributed by atoms with van der Waals surface area (Å²) in [5.41, 5.74) is 10.1. The Morgan fingerprint density at radius 2 is 2.00 bits per heavy atom. The number of nitrogens with one attached hydrogen (secondary N) is 1. The van der Waals surface area contributed by atoms with E-state index < -0.39 is 59.4 Å². The van der Waals surface area contributed by atoms with Crippen LogP contribution in [0.25, 0.3) is 0 Å². The van der Waals surface area contributed by atoms with Crippen molar-refractivity contribution in [3.05, 3.63) is 47.2 Å². The summed E-state index contributed by atoms with van der Waals surface area (Å²) in [7, 11) is 0. The molecule has 1 unspecified atom stereocenters. The van der Waals surface area contributed by atoms with Gasteiger partial charge in [-0.25, -0.2) is 4.57 Å². The maximum Gasteiger partial charge on any atom is 0.425 e. The molecule has 2 atom stereocenters. The number of alkyl halides is 3. The molecule has 2 aromatic heterocycles. The Labute approximate surface area is 224 Å². The molecule has 0 saturated carbocycles. The van der Waals surface area contributed by atoms with Gasteiger partial charge < -0.3 is 31.5 Å². The molecule has 0 aliphatic carbocycles. The number of halogens is 3. The van der Waals surface area contributed by atoms with Crippen molar-refractivity contribution in [2.75, 3.05) is 18.1 Å². The van der Waals surface area contributed by atoms with Crippen molar-refractivity contribution in [2.24, 2.45) is 10.9 Å². The van der Waals surface area contributed by atoms with Crippen LogP contribution in [0.3, 0.4) is 0 Å². The van der Waals surface area contributed by atoms with E-state index in [-0.39, 0.29) is 28.7 Å². The van der Waals surface area contributed by atoms with Gasteiger partial charge in [-0.05, 0) is 0 Å². The molecule has 19 heteroatoms. The number of aromatic nitrogens is 3.